The Morgan fingerprint density at radius 3 is 2.39 bits per heavy atom. The number of carbonyl (C=O) groups is 1. The van der Waals surface area contributed by atoms with E-state index in [1.54, 1.807) is 0 Å². The fourth-order valence-corrected chi connectivity index (χ4v) is 3.81. The summed E-state index contributed by atoms with van der Waals surface area (Å²) in [6.07, 6.45) is -3.91. The molecule has 0 fully saturated rings. The molecule has 0 bridgehead atoms. The Morgan fingerprint density at radius 1 is 1.12 bits per heavy atom. The Bertz CT molecular complexity index is 1300. The zero-order valence-electron chi connectivity index (χ0n) is 17.3. The van der Waals surface area contributed by atoms with Gasteiger partial charge in [0.15, 0.2) is 15.5 Å². The van der Waals surface area contributed by atoms with Crippen LogP contribution in [0.25, 0.3) is 5.69 Å². The summed E-state index contributed by atoms with van der Waals surface area (Å²) in [6, 6.07) is 8.74. The van der Waals surface area contributed by atoms with Gasteiger partial charge in [-0.1, -0.05) is 12.1 Å². The second kappa shape index (κ2) is 8.93. The normalized spacial score (nSPS) is 13.1. The van der Waals surface area contributed by atoms with Gasteiger partial charge in [0.25, 0.3) is 0 Å². The molecule has 1 atom stereocenters. The standard InChI is InChI=1S/C21H18F5N3O3S/c1-12(13-6-7-18(17(23)8-13)33(2,31)32)20(30)27-11-16-10-19(21(24,25)26)28-29(16)15-5-3-4-14(22)9-15/h3-10,12H,11H2,1-2H3,(H,27,30). The van der Waals surface area contributed by atoms with Gasteiger partial charge in [0, 0.05) is 6.26 Å². The first-order chi connectivity index (χ1) is 15.3. The molecule has 1 heterocycles. The lowest BCUT2D eigenvalue weighted by Gasteiger charge is -2.14. The van der Waals surface area contributed by atoms with Crippen molar-refractivity contribution in [2.45, 2.75) is 30.5 Å². The second-order valence-electron chi connectivity index (χ2n) is 7.31. The molecule has 0 aliphatic carbocycles. The number of amides is 1. The van der Waals surface area contributed by atoms with Gasteiger partial charge in [0.2, 0.25) is 5.91 Å². The van der Waals surface area contributed by atoms with Crippen molar-refractivity contribution in [2.75, 3.05) is 6.26 Å². The van der Waals surface area contributed by atoms with Gasteiger partial charge >= 0.3 is 6.18 Å². The zero-order valence-corrected chi connectivity index (χ0v) is 18.1. The maximum Gasteiger partial charge on any atom is 0.435 e. The van der Waals surface area contributed by atoms with Crippen LogP contribution in [0.5, 0.6) is 0 Å². The van der Waals surface area contributed by atoms with Crippen LogP contribution in [-0.2, 0) is 27.4 Å². The SMILES string of the molecule is CC(C(=O)NCc1cc(C(F)(F)F)nn1-c1cccc(F)c1)c1ccc(S(C)(=O)=O)c(F)c1. The lowest BCUT2D eigenvalue weighted by molar-refractivity contribution is -0.141. The number of sulfone groups is 1. The molecule has 0 aliphatic rings. The summed E-state index contributed by atoms with van der Waals surface area (Å²) in [4.78, 5) is 12.0. The Labute approximate surface area is 186 Å². The molecule has 0 radical (unpaired) electrons. The van der Waals surface area contributed by atoms with E-state index >= 15 is 0 Å². The first kappa shape index (κ1) is 24.4. The molecule has 3 aromatic rings. The van der Waals surface area contributed by atoms with E-state index in [0.29, 0.717) is 0 Å². The number of benzene rings is 2. The number of hydrogen-bond donors (Lipinski definition) is 1. The highest BCUT2D eigenvalue weighted by atomic mass is 32.2. The molecule has 176 valence electrons. The van der Waals surface area contributed by atoms with E-state index in [-0.39, 0.29) is 23.5 Å². The molecule has 0 saturated heterocycles. The Hall–Kier alpha value is -3.28. The van der Waals surface area contributed by atoms with Crippen LogP contribution in [0.1, 0.15) is 29.8 Å². The number of nitrogens with one attached hydrogen (secondary N) is 1. The summed E-state index contributed by atoms with van der Waals surface area (Å²) < 4.78 is 91.2. The topological polar surface area (TPSA) is 81.1 Å². The van der Waals surface area contributed by atoms with Gasteiger partial charge in [-0.05, 0) is 48.9 Å². The quantitative estimate of drug-likeness (QED) is 0.534. The van der Waals surface area contributed by atoms with Crippen molar-refractivity contribution in [1.29, 1.82) is 0 Å². The zero-order chi connectivity index (χ0) is 24.6. The minimum Gasteiger partial charge on any atom is -0.350 e. The second-order valence-corrected chi connectivity index (χ2v) is 9.30. The smallest absolute Gasteiger partial charge is 0.350 e. The van der Waals surface area contributed by atoms with Crippen LogP contribution in [0.2, 0.25) is 0 Å². The van der Waals surface area contributed by atoms with Crippen molar-refractivity contribution in [1.82, 2.24) is 15.1 Å². The minimum absolute atomic E-state index is 0.0289. The van der Waals surface area contributed by atoms with E-state index in [4.69, 9.17) is 0 Å². The first-order valence-corrected chi connectivity index (χ1v) is 11.4. The predicted molar refractivity (Wildman–Crippen MR) is 108 cm³/mol. The van der Waals surface area contributed by atoms with Gasteiger partial charge in [-0.3, -0.25) is 4.79 Å². The summed E-state index contributed by atoms with van der Waals surface area (Å²) in [7, 11) is -3.79. The number of rotatable bonds is 6. The summed E-state index contributed by atoms with van der Waals surface area (Å²) >= 11 is 0. The van der Waals surface area contributed by atoms with Gasteiger partial charge in [0.1, 0.15) is 16.5 Å². The van der Waals surface area contributed by atoms with Crippen LogP contribution in [-0.4, -0.2) is 30.4 Å². The van der Waals surface area contributed by atoms with Gasteiger partial charge < -0.3 is 5.32 Å². The lowest BCUT2D eigenvalue weighted by atomic mass is 10.0. The van der Waals surface area contributed by atoms with Crippen molar-refractivity contribution in [3.63, 3.8) is 0 Å². The third-order valence-electron chi connectivity index (χ3n) is 4.82. The highest BCUT2D eigenvalue weighted by molar-refractivity contribution is 7.90. The molecule has 1 amide bonds. The van der Waals surface area contributed by atoms with E-state index in [9.17, 15) is 35.2 Å². The maximum atomic E-state index is 14.1. The lowest BCUT2D eigenvalue weighted by Crippen LogP contribution is -2.28. The Morgan fingerprint density at radius 2 is 1.82 bits per heavy atom. The number of hydrogen-bond acceptors (Lipinski definition) is 4. The molecule has 1 unspecified atom stereocenters. The number of nitrogens with zero attached hydrogens (tertiary/aromatic N) is 2. The molecular formula is C21H18F5N3O3S. The van der Waals surface area contributed by atoms with E-state index in [0.717, 1.165) is 41.3 Å². The molecule has 0 saturated carbocycles. The number of aromatic nitrogens is 2. The molecule has 12 heteroatoms. The van der Waals surface area contributed by atoms with E-state index < -0.39 is 50.1 Å². The molecule has 33 heavy (non-hydrogen) atoms. The highest BCUT2D eigenvalue weighted by Crippen LogP contribution is 2.30. The molecule has 1 aromatic heterocycles. The number of carbonyl (C=O) groups excluding carboxylic acids is 1. The van der Waals surface area contributed by atoms with Crippen LogP contribution in [0.15, 0.2) is 53.4 Å². The maximum absolute atomic E-state index is 14.1. The summed E-state index contributed by atoms with van der Waals surface area (Å²) in [5.41, 5.74) is -1.08. The number of halogens is 5. The van der Waals surface area contributed by atoms with E-state index in [1.165, 1.54) is 25.1 Å². The number of alkyl halides is 3. The third kappa shape index (κ3) is 5.56. The summed E-state index contributed by atoms with van der Waals surface area (Å²) in [5.74, 6) is -3.30. The van der Waals surface area contributed by atoms with Crippen molar-refractivity contribution < 1.29 is 35.2 Å². The van der Waals surface area contributed by atoms with Gasteiger partial charge in [0.05, 0.1) is 23.8 Å². The Balaban J connectivity index is 1.83. The summed E-state index contributed by atoms with van der Waals surface area (Å²) in [5, 5.41) is 5.93. The highest BCUT2D eigenvalue weighted by Gasteiger charge is 2.35. The molecular weight excluding hydrogens is 469 g/mol. The van der Waals surface area contributed by atoms with Gasteiger partial charge in [-0.2, -0.15) is 18.3 Å². The largest absolute Gasteiger partial charge is 0.435 e. The van der Waals surface area contributed by atoms with Crippen molar-refractivity contribution >= 4 is 15.7 Å². The average Bonchev–Trinajstić information content (AvgIpc) is 3.15. The van der Waals surface area contributed by atoms with Crippen molar-refractivity contribution in [2.24, 2.45) is 0 Å². The van der Waals surface area contributed by atoms with Crippen LogP contribution in [0.3, 0.4) is 0 Å². The van der Waals surface area contributed by atoms with Gasteiger partial charge in [-0.15, -0.1) is 0 Å². The first-order valence-electron chi connectivity index (χ1n) is 9.46. The monoisotopic (exact) mass is 487 g/mol. The minimum atomic E-state index is -4.76. The molecule has 3 rings (SSSR count). The molecule has 1 N–H and O–H groups in total. The summed E-state index contributed by atoms with van der Waals surface area (Å²) in [6.45, 7) is 1.04. The molecule has 2 aromatic carbocycles. The van der Waals surface area contributed by atoms with E-state index in [2.05, 4.69) is 10.4 Å². The third-order valence-corrected chi connectivity index (χ3v) is 5.95. The van der Waals surface area contributed by atoms with Crippen molar-refractivity contribution in [3.8, 4) is 5.69 Å². The predicted octanol–water partition coefficient (Wildman–Crippen LogP) is 3.99. The van der Waals surface area contributed by atoms with E-state index in [1.807, 2.05) is 0 Å². The molecule has 6 nitrogen and oxygen atoms in total. The Kier molecular flexibility index (Phi) is 6.59. The molecule has 0 spiro atoms. The average molecular weight is 487 g/mol. The fraction of sp³-hybridized carbons (Fsp3) is 0.238. The van der Waals surface area contributed by atoms with Crippen LogP contribution in [0, 0.1) is 11.6 Å². The van der Waals surface area contributed by atoms with Crippen LogP contribution >= 0.6 is 0 Å². The van der Waals surface area contributed by atoms with Gasteiger partial charge in [-0.25, -0.2) is 21.9 Å². The fourth-order valence-electron chi connectivity index (χ4n) is 3.08. The van der Waals surface area contributed by atoms with Crippen LogP contribution in [0.4, 0.5) is 22.0 Å². The molecule has 0 aliphatic heterocycles. The van der Waals surface area contributed by atoms with Crippen molar-refractivity contribution in [3.05, 3.63) is 77.1 Å². The van der Waals surface area contributed by atoms with Crippen LogP contribution < -0.4 is 5.32 Å².